The zero-order chi connectivity index (χ0) is 19.8. The minimum atomic E-state index is -3.91. The summed E-state index contributed by atoms with van der Waals surface area (Å²) in [4.78, 5) is -0.0657. The minimum Gasteiger partial charge on any atom is -0.274 e. The van der Waals surface area contributed by atoms with Crippen molar-refractivity contribution in [2.45, 2.75) is 16.2 Å². The van der Waals surface area contributed by atoms with Crippen molar-refractivity contribution in [3.05, 3.63) is 41.4 Å². The van der Waals surface area contributed by atoms with E-state index in [1.807, 2.05) is 0 Å². The molecular weight excluding hydrogens is 419 g/mol. The highest BCUT2D eigenvalue weighted by Crippen LogP contribution is 2.24. The van der Waals surface area contributed by atoms with Gasteiger partial charge in [-0.25, -0.2) is 21.2 Å². The lowest BCUT2D eigenvalue weighted by atomic mass is 10.3. The van der Waals surface area contributed by atoms with Crippen molar-refractivity contribution in [1.29, 1.82) is 0 Å². The SMILES string of the molecule is Cn1cc(S(=O)(=O)N2CCCN(S(=O)(=O)c3ccc(F)c(Cl)c3)CC2)cn1. The molecule has 0 aliphatic carbocycles. The topological polar surface area (TPSA) is 92.6 Å². The molecule has 0 N–H and O–H groups in total. The third kappa shape index (κ3) is 4.02. The van der Waals surface area contributed by atoms with E-state index in [-0.39, 0.29) is 41.0 Å². The van der Waals surface area contributed by atoms with Crippen molar-refractivity contribution in [2.24, 2.45) is 7.05 Å². The first-order valence-electron chi connectivity index (χ1n) is 8.06. The second kappa shape index (κ2) is 7.47. The van der Waals surface area contributed by atoms with Gasteiger partial charge in [0.05, 0.1) is 16.1 Å². The average molecular weight is 437 g/mol. The highest BCUT2D eigenvalue weighted by molar-refractivity contribution is 7.89. The molecule has 0 spiro atoms. The fraction of sp³-hybridized carbons (Fsp3) is 0.400. The van der Waals surface area contributed by atoms with Crippen molar-refractivity contribution >= 4 is 31.6 Å². The molecule has 12 heteroatoms. The van der Waals surface area contributed by atoms with Crippen LogP contribution in [0.2, 0.25) is 5.02 Å². The highest BCUT2D eigenvalue weighted by atomic mass is 35.5. The van der Waals surface area contributed by atoms with Gasteiger partial charge >= 0.3 is 0 Å². The van der Waals surface area contributed by atoms with Crippen LogP contribution in [0.25, 0.3) is 0 Å². The molecule has 1 saturated heterocycles. The van der Waals surface area contributed by atoms with Crippen LogP contribution in [0.4, 0.5) is 4.39 Å². The van der Waals surface area contributed by atoms with Crippen molar-refractivity contribution in [3.8, 4) is 0 Å². The molecule has 1 aromatic carbocycles. The Hall–Kier alpha value is -1.53. The van der Waals surface area contributed by atoms with E-state index in [9.17, 15) is 21.2 Å². The van der Waals surface area contributed by atoms with Gasteiger partial charge in [0, 0.05) is 39.4 Å². The van der Waals surface area contributed by atoms with E-state index in [0.29, 0.717) is 6.42 Å². The van der Waals surface area contributed by atoms with Crippen LogP contribution in [0, 0.1) is 5.82 Å². The second-order valence-electron chi connectivity index (χ2n) is 6.09. The van der Waals surface area contributed by atoms with Crippen LogP contribution in [0.1, 0.15) is 6.42 Å². The van der Waals surface area contributed by atoms with Crippen LogP contribution in [-0.4, -0.2) is 61.4 Å². The molecular formula is C15H18ClFN4O4S2. The predicted molar refractivity (Wildman–Crippen MR) is 96.8 cm³/mol. The van der Waals surface area contributed by atoms with Gasteiger partial charge in [-0.1, -0.05) is 11.6 Å². The summed E-state index contributed by atoms with van der Waals surface area (Å²) in [7, 11) is -6.05. The maximum Gasteiger partial charge on any atom is 0.246 e. The molecule has 148 valence electrons. The van der Waals surface area contributed by atoms with Gasteiger partial charge in [0.25, 0.3) is 0 Å². The van der Waals surface area contributed by atoms with E-state index < -0.39 is 25.9 Å². The first-order valence-corrected chi connectivity index (χ1v) is 11.3. The summed E-state index contributed by atoms with van der Waals surface area (Å²) < 4.78 is 68.2. The number of benzene rings is 1. The van der Waals surface area contributed by atoms with Gasteiger partial charge < -0.3 is 0 Å². The molecule has 0 bridgehead atoms. The second-order valence-corrected chi connectivity index (χ2v) is 10.4. The van der Waals surface area contributed by atoms with Crippen LogP contribution >= 0.6 is 11.6 Å². The standard InChI is InChI=1S/C15H18ClFN4O4S2/c1-19-11-13(10-18-19)27(24,25)21-6-2-5-20(7-8-21)26(22,23)12-3-4-15(17)14(16)9-12/h3-4,9-11H,2,5-8H2,1H3. The summed E-state index contributed by atoms with van der Waals surface area (Å²) in [5.74, 6) is -0.708. The zero-order valence-electron chi connectivity index (χ0n) is 14.4. The van der Waals surface area contributed by atoms with Crippen LogP contribution in [-0.2, 0) is 27.1 Å². The van der Waals surface area contributed by atoms with Gasteiger partial charge in [-0.15, -0.1) is 0 Å². The van der Waals surface area contributed by atoms with Crippen molar-refractivity contribution in [2.75, 3.05) is 26.2 Å². The van der Waals surface area contributed by atoms with Crippen LogP contribution in [0.3, 0.4) is 0 Å². The Bertz CT molecular complexity index is 1060. The van der Waals surface area contributed by atoms with Crippen molar-refractivity contribution < 1.29 is 21.2 Å². The molecule has 8 nitrogen and oxygen atoms in total. The first kappa shape index (κ1) is 20.2. The maximum absolute atomic E-state index is 13.3. The number of aryl methyl sites for hydroxylation is 1. The fourth-order valence-corrected chi connectivity index (χ4v) is 6.02. The first-order chi connectivity index (χ1) is 12.6. The van der Waals surface area contributed by atoms with E-state index in [1.165, 1.54) is 25.7 Å². The molecule has 0 atom stereocenters. The Labute approximate surface area is 162 Å². The zero-order valence-corrected chi connectivity index (χ0v) is 16.8. The molecule has 3 rings (SSSR count). The molecule has 1 aliphatic rings. The molecule has 1 aromatic heterocycles. The summed E-state index contributed by atoms with van der Waals surface area (Å²) in [6.45, 7) is 0.325. The quantitative estimate of drug-likeness (QED) is 0.720. The van der Waals surface area contributed by atoms with Gasteiger partial charge in [0.15, 0.2) is 0 Å². The van der Waals surface area contributed by atoms with Gasteiger partial charge in [0.1, 0.15) is 10.7 Å². The molecule has 1 aliphatic heterocycles. The molecule has 27 heavy (non-hydrogen) atoms. The number of hydrogen-bond acceptors (Lipinski definition) is 5. The highest BCUT2D eigenvalue weighted by Gasteiger charge is 2.32. The number of hydrogen-bond donors (Lipinski definition) is 0. The number of sulfonamides is 2. The van der Waals surface area contributed by atoms with Crippen LogP contribution in [0.15, 0.2) is 40.4 Å². The summed E-state index contributed by atoms with van der Waals surface area (Å²) in [5, 5.41) is 3.59. The summed E-state index contributed by atoms with van der Waals surface area (Å²) >= 11 is 5.69. The lowest BCUT2D eigenvalue weighted by molar-refractivity contribution is 0.404. The number of rotatable bonds is 4. The Morgan fingerprint density at radius 1 is 1.00 bits per heavy atom. The van der Waals surface area contributed by atoms with E-state index in [1.54, 1.807) is 7.05 Å². The van der Waals surface area contributed by atoms with Crippen molar-refractivity contribution in [3.63, 3.8) is 0 Å². The molecule has 0 unspecified atom stereocenters. The third-order valence-corrected chi connectivity index (χ3v) is 8.30. The predicted octanol–water partition coefficient (Wildman–Crippen LogP) is 1.30. The molecule has 2 heterocycles. The maximum atomic E-state index is 13.3. The Morgan fingerprint density at radius 2 is 1.59 bits per heavy atom. The van der Waals surface area contributed by atoms with Crippen molar-refractivity contribution in [1.82, 2.24) is 18.4 Å². The van der Waals surface area contributed by atoms with Gasteiger partial charge in [-0.3, -0.25) is 4.68 Å². The smallest absolute Gasteiger partial charge is 0.246 e. The average Bonchev–Trinajstić information content (AvgIpc) is 2.90. The van der Waals surface area contributed by atoms with E-state index in [2.05, 4.69) is 5.10 Å². The monoisotopic (exact) mass is 436 g/mol. The molecule has 0 amide bonds. The van der Waals surface area contributed by atoms with E-state index >= 15 is 0 Å². The minimum absolute atomic E-state index is 0.00534. The largest absolute Gasteiger partial charge is 0.274 e. The van der Waals surface area contributed by atoms with E-state index in [4.69, 9.17) is 11.6 Å². The normalized spacial score (nSPS) is 17.7. The molecule has 2 aromatic rings. The summed E-state index contributed by atoms with van der Waals surface area (Å²) in [5.41, 5.74) is 0. The lowest BCUT2D eigenvalue weighted by Gasteiger charge is -2.21. The summed E-state index contributed by atoms with van der Waals surface area (Å²) in [6.07, 6.45) is 2.98. The lowest BCUT2D eigenvalue weighted by Crippen LogP contribution is -2.37. The molecule has 0 saturated carbocycles. The fourth-order valence-electron chi connectivity index (χ4n) is 2.82. The third-order valence-electron chi connectivity index (χ3n) is 4.26. The number of halogens is 2. The Balaban J connectivity index is 1.81. The van der Waals surface area contributed by atoms with Crippen LogP contribution in [0.5, 0.6) is 0 Å². The van der Waals surface area contributed by atoms with Gasteiger partial charge in [-0.05, 0) is 24.6 Å². The molecule has 0 radical (unpaired) electrons. The van der Waals surface area contributed by atoms with Gasteiger partial charge in [0.2, 0.25) is 20.0 Å². The van der Waals surface area contributed by atoms with Gasteiger partial charge in [-0.2, -0.15) is 13.7 Å². The Morgan fingerprint density at radius 3 is 2.11 bits per heavy atom. The van der Waals surface area contributed by atoms with E-state index in [0.717, 1.165) is 18.2 Å². The number of aromatic nitrogens is 2. The number of nitrogens with zero attached hydrogens (tertiary/aromatic N) is 4. The van der Waals surface area contributed by atoms with Crippen LogP contribution < -0.4 is 0 Å². The summed E-state index contributed by atoms with van der Waals surface area (Å²) in [6, 6.07) is 3.19. The molecule has 1 fully saturated rings. The Kier molecular flexibility index (Phi) is 5.59.